The second kappa shape index (κ2) is 5.37. The van der Waals surface area contributed by atoms with Gasteiger partial charge in [0.2, 0.25) is 0 Å². The summed E-state index contributed by atoms with van der Waals surface area (Å²) in [6.45, 7) is 0. The number of nitrogens with zero attached hydrogens (tertiary/aromatic N) is 2. The molecule has 0 unspecified atom stereocenters. The highest BCUT2D eigenvalue weighted by molar-refractivity contribution is 7.98. The first kappa shape index (κ1) is 11.5. The Bertz CT molecular complexity index is 440. The zero-order chi connectivity index (χ0) is 11.4. The normalized spacial score (nSPS) is 10.4. The molecule has 2 aromatic heterocycles. The third kappa shape index (κ3) is 2.57. The predicted molar refractivity (Wildman–Crippen MR) is 71.0 cm³/mol. The average molecular weight is 248 g/mol. The first-order valence-corrected chi connectivity index (χ1v) is 7.27. The molecule has 0 atom stereocenters. The minimum atomic E-state index is 1.12. The number of aromatic nitrogens is 2. The van der Waals surface area contributed by atoms with Crippen LogP contribution in [0.15, 0.2) is 46.7 Å². The van der Waals surface area contributed by atoms with Crippen LogP contribution in [0.25, 0.3) is 11.1 Å². The topological polar surface area (TPSA) is 25.8 Å². The van der Waals surface area contributed by atoms with E-state index >= 15 is 0 Å². The molecule has 0 aliphatic heterocycles. The molecule has 0 aliphatic carbocycles. The molecule has 0 spiro atoms. The van der Waals surface area contributed by atoms with Gasteiger partial charge in [-0.1, -0.05) is 0 Å². The smallest absolute Gasteiger partial charge is 0.0404 e. The molecule has 4 heteroatoms. The number of rotatable bonds is 3. The quantitative estimate of drug-likeness (QED) is 0.775. The molecule has 2 heterocycles. The van der Waals surface area contributed by atoms with Gasteiger partial charge >= 0.3 is 0 Å². The fourth-order valence-corrected chi connectivity index (χ4v) is 2.20. The fraction of sp³-hybridized carbons (Fsp3) is 0.167. The molecule has 0 N–H and O–H groups in total. The van der Waals surface area contributed by atoms with Gasteiger partial charge in [0.05, 0.1) is 0 Å². The van der Waals surface area contributed by atoms with Crippen LogP contribution in [0.3, 0.4) is 0 Å². The van der Waals surface area contributed by atoms with Crippen molar-refractivity contribution in [3.8, 4) is 11.1 Å². The minimum Gasteiger partial charge on any atom is -0.263 e. The Kier molecular flexibility index (Phi) is 3.85. The van der Waals surface area contributed by atoms with E-state index in [0.717, 1.165) is 11.1 Å². The van der Waals surface area contributed by atoms with Gasteiger partial charge in [0.1, 0.15) is 0 Å². The molecule has 2 aromatic rings. The molecule has 0 aromatic carbocycles. The standard InChI is InChI=1S/C12H12N2S2/c1-15-11-3-9(5-13-7-11)10-4-12(16-2)8-14-6-10/h3-8H,1-2H3. The highest BCUT2D eigenvalue weighted by Crippen LogP contribution is 2.25. The monoisotopic (exact) mass is 248 g/mol. The summed E-state index contributed by atoms with van der Waals surface area (Å²) >= 11 is 3.40. The Morgan fingerprint density at radius 2 is 1.19 bits per heavy atom. The predicted octanol–water partition coefficient (Wildman–Crippen LogP) is 3.59. The van der Waals surface area contributed by atoms with Crippen LogP contribution in [-0.2, 0) is 0 Å². The molecule has 0 bridgehead atoms. The maximum atomic E-state index is 4.23. The van der Waals surface area contributed by atoms with Crippen molar-refractivity contribution in [1.29, 1.82) is 0 Å². The summed E-state index contributed by atoms with van der Waals surface area (Å²) in [7, 11) is 0. The lowest BCUT2D eigenvalue weighted by Gasteiger charge is -2.04. The number of thioether (sulfide) groups is 2. The lowest BCUT2D eigenvalue weighted by molar-refractivity contribution is 1.21. The molecular formula is C12H12N2S2. The second-order valence-corrected chi connectivity index (χ2v) is 4.99. The molecule has 16 heavy (non-hydrogen) atoms. The summed E-state index contributed by atoms with van der Waals surface area (Å²) in [5, 5.41) is 0. The molecule has 0 saturated heterocycles. The zero-order valence-corrected chi connectivity index (χ0v) is 10.8. The number of pyridine rings is 2. The lowest BCUT2D eigenvalue weighted by atomic mass is 10.1. The molecule has 0 fully saturated rings. The van der Waals surface area contributed by atoms with Crippen LogP contribution in [0.1, 0.15) is 0 Å². The molecule has 2 nitrogen and oxygen atoms in total. The highest BCUT2D eigenvalue weighted by Gasteiger charge is 2.01. The van der Waals surface area contributed by atoms with E-state index in [4.69, 9.17) is 0 Å². The van der Waals surface area contributed by atoms with Crippen LogP contribution >= 0.6 is 23.5 Å². The maximum absolute atomic E-state index is 4.23. The molecule has 0 saturated carbocycles. The van der Waals surface area contributed by atoms with Crippen molar-refractivity contribution in [2.75, 3.05) is 12.5 Å². The molecule has 0 amide bonds. The summed E-state index contributed by atoms with van der Waals surface area (Å²) in [6, 6.07) is 4.28. The molecule has 0 radical (unpaired) electrons. The first-order valence-electron chi connectivity index (χ1n) is 4.82. The van der Waals surface area contributed by atoms with E-state index in [-0.39, 0.29) is 0 Å². The molecule has 2 rings (SSSR count). The van der Waals surface area contributed by atoms with Crippen molar-refractivity contribution in [3.63, 3.8) is 0 Å². The Hall–Kier alpha value is -1.00. The van der Waals surface area contributed by atoms with Crippen LogP contribution in [0.2, 0.25) is 0 Å². The van der Waals surface area contributed by atoms with Crippen molar-refractivity contribution in [3.05, 3.63) is 36.9 Å². The van der Waals surface area contributed by atoms with Gasteiger partial charge in [0.15, 0.2) is 0 Å². The molecule has 0 aliphatic rings. The van der Waals surface area contributed by atoms with Gasteiger partial charge in [-0.05, 0) is 24.6 Å². The van der Waals surface area contributed by atoms with Crippen molar-refractivity contribution in [2.24, 2.45) is 0 Å². The Morgan fingerprint density at radius 1 is 0.750 bits per heavy atom. The van der Waals surface area contributed by atoms with E-state index in [0.29, 0.717) is 0 Å². The van der Waals surface area contributed by atoms with E-state index in [1.165, 1.54) is 9.79 Å². The Balaban J connectivity index is 2.41. The number of hydrogen-bond donors (Lipinski definition) is 0. The van der Waals surface area contributed by atoms with Crippen LogP contribution in [-0.4, -0.2) is 22.5 Å². The average Bonchev–Trinajstić information content (AvgIpc) is 2.39. The van der Waals surface area contributed by atoms with Gasteiger partial charge in [0.25, 0.3) is 0 Å². The van der Waals surface area contributed by atoms with E-state index in [1.54, 1.807) is 23.5 Å². The summed E-state index contributed by atoms with van der Waals surface area (Å²) in [6.07, 6.45) is 11.6. The largest absolute Gasteiger partial charge is 0.263 e. The molecular weight excluding hydrogens is 236 g/mol. The first-order chi connectivity index (χ1) is 7.83. The van der Waals surface area contributed by atoms with E-state index in [2.05, 4.69) is 34.6 Å². The van der Waals surface area contributed by atoms with Crippen molar-refractivity contribution >= 4 is 23.5 Å². The highest BCUT2D eigenvalue weighted by atomic mass is 32.2. The van der Waals surface area contributed by atoms with E-state index in [1.807, 2.05) is 24.8 Å². The van der Waals surface area contributed by atoms with Crippen molar-refractivity contribution < 1.29 is 0 Å². The summed E-state index contributed by atoms with van der Waals surface area (Å²) in [5.41, 5.74) is 2.24. The van der Waals surface area contributed by atoms with Gasteiger partial charge in [-0.25, -0.2) is 0 Å². The van der Waals surface area contributed by atoms with Gasteiger partial charge in [-0.2, -0.15) is 0 Å². The van der Waals surface area contributed by atoms with Crippen LogP contribution in [0, 0.1) is 0 Å². The summed E-state index contributed by atoms with van der Waals surface area (Å²) < 4.78 is 0. The van der Waals surface area contributed by atoms with E-state index in [9.17, 15) is 0 Å². The summed E-state index contributed by atoms with van der Waals surface area (Å²) in [4.78, 5) is 10.8. The van der Waals surface area contributed by atoms with Gasteiger partial charge in [-0.3, -0.25) is 9.97 Å². The molecule has 82 valence electrons. The van der Waals surface area contributed by atoms with Crippen LogP contribution in [0.4, 0.5) is 0 Å². The van der Waals surface area contributed by atoms with Crippen LogP contribution < -0.4 is 0 Å². The Labute approximate surface area is 104 Å². The third-order valence-electron chi connectivity index (χ3n) is 2.23. The van der Waals surface area contributed by atoms with E-state index < -0.39 is 0 Å². The zero-order valence-electron chi connectivity index (χ0n) is 9.18. The SMILES string of the molecule is CSc1cncc(-c2cncc(SC)c2)c1. The van der Waals surface area contributed by atoms with Gasteiger partial charge in [0, 0.05) is 45.7 Å². The minimum absolute atomic E-state index is 1.12. The van der Waals surface area contributed by atoms with Crippen molar-refractivity contribution in [2.45, 2.75) is 9.79 Å². The third-order valence-corrected chi connectivity index (χ3v) is 3.62. The van der Waals surface area contributed by atoms with Gasteiger partial charge < -0.3 is 0 Å². The summed E-state index contributed by atoms with van der Waals surface area (Å²) in [5.74, 6) is 0. The van der Waals surface area contributed by atoms with Crippen LogP contribution in [0.5, 0.6) is 0 Å². The van der Waals surface area contributed by atoms with Gasteiger partial charge in [-0.15, -0.1) is 23.5 Å². The lowest BCUT2D eigenvalue weighted by Crippen LogP contribution is -1.84. The second-order valence-electron chi connectivity index (χ2n) is 3.23. The van der Waals surface area contributed by atoms with Crippen molar-refractivity contribution in [1.82, 2.24) is 9.97 Å². The Morgan fingerprint density at radius 3 is 1.56 bits per heavy atom. The number of hydrogen-bond acceptors (Lipinski definition) is 4. The fourth-order valence-electron chi connectivity index (χ4n) is 1.38. The maximum Gasteiger partial charge on any atom is 0.0404 e.